The van der Waals surface area contributed by atoms with Gasteiger partial charge in [-0.1, -0.05) is 0 Å². The molecular formula is C18H21BrFN4O3S+. The second kappa shape index (κ2) is 8.80. The van der Waals surface area contributed by atoms with E-state index in [1.165, 1.54) is 47.9 Å². The van der Waals surface area contributed by atoms with Crippen molar-refractivity contribution >= 4 is 55.0 Å². The van der Waals surface area contributed by atoms with E-state index in [-0.39, 0.29) is 17.9 Å². The lowest BCUT2D eigenvalue weighted by molar-refractivity contribution is -0.114. The first-order valence-corrected chi connectivity index (χ1v) is 10.9. The Morgan fingerprint density at radius 1 is 1.36 bits per heavy atom. The van der Waals surface area contributed by atoms with Crippen LogP contribution in [0.25, 0.3) is 0 Å². The second-order valence-corrected chi connectivity index (χ2v) is 8.68. The molecule has 1 unspecified atom stereocenters. The smallest absolute Gasteiger partial charge is 0.310 e. The van der Waals surface area contributed by atoms with Crippen LogP contribution in [0.3, 0.4) is 0 Å². The Hall–Kier alpha value is -2.30. The zero-order valence-corrected chi connectivity index (χ0v) is 18.0. The number of nitrogens with one attached hydrogen (secondary N) is 1. The van der Waals surface area contributed by atoms with Crippen LogP contribution in [-0.2, 0) is 19.4 Å². The highest BCUT2D eigenvalue weighted by atomic mass is 79.9. The van der Waals surface area contributed by atoms with Gasteiger partial charge in [0.1, 0.15) is 17.2 Å². The molecule has 0 aliphatic heterocycles. The van der Waals surface area contributed by atoms with E-state index >= 15 is 0 Å². The van der Waals surface area contributed by atoms with Crippen LogP contribution in [0.4, 0.5) is 21.5 Å². The summed E-state index contributed by atoms with van der Waals surface area (Å²) in [5, 5.41) is 2.50. The van der Waals surface area contributed by atoms with Crippen molar-refractivity contribution in [2.45, 2.75) is 6.92 Å². The molecule has 2 aromatic carbocycles. The molecule has 0 bridgehead atoms. The highest BCUT2D eigenvalue weighted by molar-refractivity contribution is 9.10. The van der Waals surface area contributed by atoms with E-state index in [4.69, 9.17) is 5.73 Å². The van der Waals surface area contributed by atoms with Crippen molar-refractivity contribution in [2.75, 3.05) is 29.9 Å². The van der Waals surface area contributed by atoms with E-state index in [2.05, 4.69) is 26.2 Å². The van der Waals surface area contributed by atoms with E-state index in [1.807, 2.05) is 0 Å². The van der Waals surface area contributed by atoms with Crippen molar-refractivity contribution in [3.63, 3.8) is 0 Å². The van der Waals surface area contributed by atoms with Gasteiger partial charge in [0.05, 0.1) is 12.2 Å². The standard InChI is InChI=1S/C18H20BrFN4O3S/c1-4-24(28(3,26)27)16-10-15(21)13(9-14(16)19)17(18(25)22-2)23-12-7-5-11(20)6-8-12/h5-10H,4H2,1-3H3,(H3-,21,22,23,25,26,27)/p+1. The second-order valence-electron chi connectivity index (χ2n) is 5.86. The molecule has 0 radical (unpaired) electrons. The van der Waals surface area contributed by atoms with Crippen molar-refractivity contribution in [1.29, 1.82) is 0 Å². The number of hydrogen-bond acceptors (Lipinski definition) is 4. The Labute approximate surface area is 172 Å². The molecule has 0 spiro atoms. The molecule has 0 aliphatic carbocycles. The third kappa shape index (κ3) is 4.94. The summed E-state index contributed by atoms with van der Waals surface area (Å²) >= 11 is 3.38. The van der Waals surface area contributed by atoms with E-state index in [1.54, 1.807) is 13.0 Å². The van der Waals surface area contributed by atoms with Gasteiger partial charge in [0.15, 0.2) is 6.26 Å². The predicted molar refractivity (Wildman–Crippen MR) is 115 cm³/mol. The minimum absolute atomic E-state index is 0.0307. The van der Waals surface area contributed by atoms with Gasteiger partial charge in [-0.25, -0.2) is 9.38 Å². The average molecular weight is 472 g/mol. The molecule has 0 aromatic heterocycles. The molecule has 0 fully saturated rings. The number of nitrogen functional groups attached to an aromatic ring is 1. The Morgan fingerprint density at radius 2 is 1.96 bits per heavy atom. The summed E-state index contributed by atoms with van der Waals surface area (Å²) in [6.45, 7) is 2.01. The third-order valence-electron chi connectivity index (χ3n) is 3.85. The van der Waals surface area contributed by atoms with Gasteiger partial charge in [-0.15, -0.1) is 0 Å². The van der Waals surface area contributed by atoms with Gasteiger partial charge >= 0.3 is 10.4 Å². The van der Waals surface area contributed by atoms with E-state index < -0.39 is 22.1 Å². The molecular weight excluding hydrogens is 451 g/mol. The topological polar surface area (TPSA) is 108 Å². The summed E-state index contributed by atoms with van der Waals surface area (Å²) in [7, 11) is -1.80. The molecule has 2 rings (SSSR count). The van der Waals surface area contributed by atoms with E-state index in [0.717, 1.165) is 0 Å². The summed E-state index contributed by atoms with van der Waals surface area (Å²) in [5.74, 6) is -0.900. The fourth-order valence-electron chi connectivity index (χ4n) is 2.56. The fraction of sp³-hybridized carbons (Fsp3) is 0.222. The first-order chi connectivity index (χ1) is 13.1. The van der Waals surface area contributed by atoms with Gasteiger partial charge in [-0.05, 0) is 63.5 Å². The van der Waals surface area contributed by atoms with Gasteiger partial charge in [-0.2, -0.15) is 8.86 Å². The molecule has 2 aromatic rings. The summed E-state index contributed by atoms with van der Waals surface area (Å²) < 4.78 is 37.0. The lowest BCUT2D eigenvalue weighted by Gasteiger charge is -2.21. The summed E-state index contributed by atoms with van der Waals surface area (Å²) in [6.07, 6.45) is 1.21. The van der Waals surface area contributed by atoms with Gasteiger partial charge in [0.2, 0.25) is 0 Å². The van der Waals surface area contributed by atoms with Crippen molar-refractivity contribution < 1.29 is 17.9 Å². The maximum atomic E-state index is 13.1. The molecule has 1 amide bonds. The quantitative estimate of drug-likeness (QED) is 0.340. The number of rotatable bonds is 6. The Morgan fingerprint density at radius 3 is 2.46 bits per heavy atom. The number of anilines is 2. The Kier molecular flexibility index (Phi) is 6.91. The van der Waals surface area contributed by atoms with Crippen molar-refractivity contribution in [3.8, 4) is 0 Å². The number of hydrogen-bond donors (Lipinski definition) is 3. The molecule has 150 valence electrons. The minimum Gasteiger partial charge on any atom is -0.398 e. The molecule has 0 heterocycles. The normalized spacial score (nSPS) is 13.7. The number of nitrogens with zero attached hydrogens (tertiary/aromatic N) is 2. The van der Waals surface area contributed by atoms with Crippen LogP contribution < -0.4 is 15.4 Å². The molecule has 0 saturated heterocycles. The number of carbonyl (C=O) groups is 1. The van der Waals surface area contributed by atoms with Gasteiger partial charge in [0.25, 0.3) is 5.91 Å². The number of aliphatic imine (C=N–C) groups is 1. The lowest BCUT2D eigenvalue weighted by atomic mass is 10.1. The molecule has 4 N–H and O–H groups in total. The maximum Gasteiger partial charge on any atom is 0.310 e. The van der Waals surface area contributed by atoms with Crippen LogP contribution >= 0.6 is 15.9 Å². The largest absolute Gasteiger partial charge is 0.398 e. The molecule has 0 saturated carbocycles. The SMILES string of the molecule is CCN(c1cc(N)c(C(=Nc2ccc(F)cc2)C(=O)NC)cc1Br)[S+](C)(=O)O. The van der Waals surface area contributed by atoms with Crippen LogP contribution in [0.2, 0.25) is 0 Å². The van der Waals surface area contributed by atoms with E-state index in [0.29, 0.717) is 21.4 Å². The van der Waals surface area contributed by atoms with Crippen LogP contribution in [0, 0.1) is 5.82 Å². The number of carbonyl (C=O) groups excluding carboxylic acids is 1. The number of benzene rings is 2. The molecule has 0 aliphatic rings. The maximum absolute atomic E-state index is 13.1. The molecule has 28 heavy (non-hydrogen) atoms. The van der Waals surface area contributed by atoms with Crippen LogP contribution in [0.15, 0.2) is 45.9 Å². The monoisotopic (exact) mass is 471 g/mol. The molecule has 1 atom stereocenters. The zero-order valence-electron chi connectivity index (χ0n) is 15.6. The fourth-order valence-corrected chi connectivity index (χ4v) is 4.23. The lowest BCUT2D eigenvalue weighted by Crippen LogP contribution is -2.35. The van der Waals surface area contributed by atoms with Crippen LogP contribution in [0.1, 0.15) is 12.5 Å². The third-order valence-corrected chi connectivity index (χ3v) is 5.76. The first kappa shape index (κ1) is 22.0. The number of likely N-dealkylation sites (N-methyl/N-ethyl adjacent to an activating group) is 1. The Balaban J connectivity index is 2.62. The molecule has 7 nitrogen and oxygen atoms in total. The summed E-state index contributed by atoms with van der Waals surface area (Å²) in [6, 6.07) is 8.42. The summed E-state index contributed by atoms with van der Waals surface area (Å²) in [5.41, 5.74) is 7.50. The van der Waals surface area contributed by atoms with Gasteiger partial charge in [-0.3, -0.25) is 4.79 Å². The number of halogens is 2. The first-order valence-electron chi connectivity index (χ1n) is 8.23. The minimum atomic E-state index is -3.26. The van der Waals surface area contributed by atoms with Crippen molar-refractivity contribution in [2.24, 2.45) is 4.99 Å². The Bertz CT molecular complexity index is 960. The molecule has 10 heteroatoms. The van der Waals surface area contributed by atoms with Gasteiger partial charge < -0.3 is 11.1 Å². The highest BCUT2D eigenvalue weighted by Crippen LogP contribution is 2.34. The zero-order chi connectivity index (χ0) is 21.1. The highest BCUT2D eigenvalue weighted by Gasteiger charge is 2.31. The van der Waals surface area contributed by atoms with Crippen molar-refractivity contribution in [1.82, 2.24) is 5.32 Å². The average Bonchev–Trinajstić information content (AvgIpc) is 2.63. The number of nitrogens with two attached hydrogens (primary N) is 1. The van der Waals surface area contributed by atoms with Crippen LogP contribution in [-0.4, -0.2) is 36.0 Å². The summed E-state index contributed by atoms with van der Waals surface area (Å²) in [4.78, 5) is 16.7. The van der Waals surface area contributed by atoms with Gasteiger partial charge in [0, 0.05) is 22.8 Å². The van der Waals surface area contributed by atoms with Crippen LogP contribution in [0.5, 0.6) is 0 Å². The van der Waals surface area contributed by atoms with Crippen molar-refractivity contribution in [3.05, 3.63) is 52.3 Å². The number of amides is 1. The predicted octanol–water partition coefficient (Wildman–Crippen LogP) is 3.38. The van der Waals surface area contributed by atoms with E-state index in [9.17, 15) is 17.9 Å².